The first-order valence-electron chi connectivity index (χ1n) is 9.76. The molecular weight excluding hydrogens is 380 g/mol. The van der Waals surface area contributed by atoms with Crippen molar-refractivity contribution >= 4 is 23.1 Å². The molecule has 4 N–H and O–H groups in total. The number of fused-ring (bicyclic) bond motifs is 1. The SMILES string of the molecule is Nc1nccn2c([C@@H]3CCCN3)nc(-c3ccc(C(=O)Nc4cccnn4)cc3)c12. The van der Waals surface area contributed by atoms with E-state index >= 15 is 0 Å². The summed E-state index contributed by atoms with van der Waals surface area (Å²) in [6.45, 7) is 0.977. The molecule has 4 aromatic rings. The summed E-state index contributed by atoms with van der Waals surface area (Å²) in [5.74, 6) is 1.50. The Balaban J connectivity index is 1.49. The van der Waals surface area contributed by atoms with Crippen LogP contribution in [0.15, 0.2) is 55.0 Å². The first-order chi connectivity index (χ1) is 14.7. The predicted molar refractivity (Wildman–Crippen MR) is 113 cm³/mol. The molecule has 0 radical (unpaired) electrons. The van der Waals surface area contributed by atoms with Gasteiger partial charge in [-0.2, -0.15) is 5.10 Å². The van der Waals surface area contributed by atoms with Gasteiger partial charge in [0, 0.05) is 29.7 Å². The number of nitrogen functional groups attached to an aromatic ring is 1. The highest BCUT2D eigenvalue weighted by Crippen LogP contribution is 2.32. The van der Waals surface area contributed by atoms with Crippen molar-refractivity contribution in [2.75, 3.05) is 17.6 Å². The number of rotatable bonds is 4. The molecule has 1 atom stereocenters. The Labute approximate surface area is 172 Å². The molecule has 0 unspecified atom stereocenters. The summed E-state index contributed by atoms with van der Waals surface area (Å²) in [5.41, 5.74) is 9.11. The van der Waals surface area contributed by atoms with Crippen LogP contribution < -0.4 is 16.4 Å². The Morgan fingerprint density at radius 3 is 2.80 bits per heavy atom. The predicted octanol–water partition coefficient (Wildman–Crippen LogP) is 2.45. The van der Waals surface area contributed by atoms with Gasteiger partial charge in [0.25, 0.3) is 5.91 Å². The third-order valence-corrected chi connectivity index (χ3v) is 5.22. The lowest BCUT2D eigenvalue weighted by Crippen LogP contribution is -2.16. The van der Waals surface area contributed by atoms with Crippen molar-refractivity contribution < 1.29 is 4.79 Å². The summed E-state index contributed by atoms with van der Waals surface area (Å²) < 4.78 is 2.01. The zero-order chi connectivity index (χ0) is 20.5. The van der Waals surface area contributed by atoms with E-state index in [0.29, 0.717) is 17.2 Å². The van der Waals surface area contributed by atoms with Gasteiger partial charge in [-0.05, 0) is 43.7 Å². The van der Waals surface area contributed by atoms with E-state index in [9.17, 15) is 4.79 Å². The summed E-state index contributed by atoms with van der Waals surface area (Å²) in [6.07, 6.45) is 7.27. The molecule has 1 saturated heterocycles. The van der Waals surface area contributed by atoms with Gasteiger partial charge in [-0.15, -0.1) is 5.10 Å². The average Bonchev–Trinajstić information content (AvgIpc) is 3.43. The maximum absolute atomic E-state index is 12.5. The van der Waals surface area contributed by atoms with Crippen LogP contribution in [0, 0.1) is 0 Å². The smallest absolute Gasteiger partial charge is 0.256 e. The number of nitrogens with one attached hydrogen (secondary N) is 2. The number of nitrogens with two attached hydrogens (primary N) is 1. The van der Waals surface area contributed by atoms with E-state index in [4.69, 9.17) is 10.7 Å². The van der Waals surface area contributed by atoms with Gasteiger partial charge in [0.2, 0.25) is 0 Å². The number of imidazole rings is 1. The molecule has 1 amide bonds. The lowest BCUT2D eigenvalue weighted by Gasteiger charge is -2.08. The lowest BCUT2D eigenvalue weighted by atomic mass is 10.1. The maximum Gasteiger partial charge on any atom is 0.256 e. The Morgan fingerprint density at radius 2 is 2.07 bits per heavy atom. The van der Waals surface area contributed by atoms with Gasteiger partial charge in [-0.3, -0.25) is 9.20 Å². The molecule has 0 aliphatic carbocycles. The molecule has 4 heterocycles. The molecule has 0 bridgehead atoms. The highest BCUT2D eigenvalue weighted by Gasteiger charge is 2.24. The number of benzene rings is 1. The van der Waals surface area contributed by atoms with Crippen LogP contribution in [0.4, 0.5) is 11.6 Å². The molecular formula is C21H20N8O. The zero-order valence-electron chi connectivity index (χ0n) is 16.1. The van der Waals surface area contributed by atoms with Gasteiger partial charge in [0.1, 0.15) is 22.9 Å². The largest absolute Gasteiger partial charge is 0.382 e. The number of amides is 1. The molecule has 5 rings (SSSR count). The quantitative estimate of drug-likeness (QED) is 0.481. The number of carbonyl (C=O) groups excluding carboxylic acids is 1. The van der Waals surface area contributed by atoms with Crippen LogP contribution >= 0.6 is 0 Å². The van der Waals surface area contributed by atoms with E-state index in [2.05, 4.69) is 25.8 Å². The van der Waals surface area contributed by atoms with Crippen molar-refractivity contribution in [2.24, 2.45) is 0 Å². The van der Waals surface area contributed by atoms with Gasteiger partial charge in [0.15, 0.2) is 5.82 Å². The van der Waals surface area contributed by atoms with E-state index in [1.54, 1.807) is 36.7 Å². The normalized spacial score (nSPS) is 16.1. The van der Waals surface area contributed by atoms with Gasteiger partial charge in [-0.25, -0.2) is 9.97 Å². The van der Waals surface area contributed by atoms with Crippen molar-refractivity contribution in [2.45, 2.75) is 18.9 Å². The van der Waals surface area contributed by atoms with Crippen LogP contribution in [0.5, 0.6) is 0 Å². The monoisotopic (exact) mass is 400 g/mol. The van der Waals surface area contributed by atoms with Gasteiger partial charge >= 0.3 is 0 Å². The average molecular weight is 400 g/mol. The molecule has 9 heteroatoms. The summed E-state index contributed by atoms with van der Waals surface area (Å²) in [6, 6.07) is 10.8. The topological polar surface area (TPSA) is 123 Å². The summed E-state index contributed by atoms with van der Waals surface area (Å²) in [5, 5.41) is 13.8. The Bertz CT molecular complexity index is 1200. The lowest BCUT2D eigenvalue weighted by molar-refractivity contribution is 0.102. The Morgan fingerprint density at radius 1 is 1.20 bits per heavy atom. The number of carbonyl (C=O) groups is 1. The number of hydrogen-bond acceptors (Lipinski definition) is 7. The fourth-order valence-corrected chi connectivity index (χ4v) is 3.78. The minimum absolute atomic E-state index is 0.185. The van der Waals surface area contributed by atoms with Gasteiger partial charge in [0.05, 0.1) is 6.04 Å². The molecule has 3 aromatic heterocycles. The molecule has 9 nitrogen and oxygen atoms in total. The number of hydrogen-bond donors (Lipinski definition) is 3. The standard InChI is InChI=1S/C21H20N8O/c22-19-18-17(27-20(15-3-1-9-23-15)29(18)12-11-24-19)13-5-7-14(8-6-13)21(30)26-16-4-2-10-25-28-16/h2,4-8,10-12,15,23H,1,3,9H2,(H2,22,24)(H,26,28,30)/t15-/m0/s1. The van der Waals surface area contributed by atoms with Crippen molar-refractivity contribution in [1.82, 2.24) is 29.9 Å². The molecule has 1 aliphatic rings. The van der Waals surface area contributed by atoms with E-state index in [1.807, 2.05) is 22.7 Å². The third kappa shape index (κ3) is 3.25. The van der Waals surface area contributed by atoms with E-state index < -0.39 is 0 Å². The van der Waals surface area contributed by atoms with Crippen LogP contribution in [0.2, 0.25) is 0 Å². The Hall–Kier alpha value is -3.85. The van der Waals surface area contributed by atoms with Crippen molar-refractivity contribution in [1.29, 1.82) is 0 Å². The third-order valence-electron chi connectivity index (χ3n) is 5.22. The first-order valence-corrected chi connectivity index (χ1v) is 9.76. The minimum atomic E-state index is -0.256. The number of aromatic nitrogens is 5. The summed E-state index contributed by atoms with van der Waals surface area (Å²) in [4.78, 5) is 21.6. The maximum atomic E-state index is 12.5. The van der Waals surface area contributed by atoms with Crippen LogP contribution in [0.1, 0.15) is 35.1 Å². The van der Waals surface area contributed by atoms with E-state index in [0.717, 1.165) is 42.0 Å². The molecule has 0 saturated carbocycles. The minimum Gasteiger partial charge on any atom is -0.382 e. The number of anilines is 2. The fourth-order valence-electron chi connectivity index (χ4n) is 3.78. The van der Waals surface area contributed by atoms with Crippen molar-refractivity contribution in [3.05, 3.63) is 66.4 Å². The molecule has 1 aromatic carbocycles. The molecule has 1 fully saturated rings. The van der Waals surface area contributed by atoms with E-state index in [1.165, 1.54) is 0 Å². The fraction of sp³-hybridized carbons (Fsp3) is 0.190. The second-order valence-electron chi connectivity index (χ2n) is 7.14. The summed E-state index contributed by atoms with van der Waals surface area (Å²) >= 11 is 0. The highest BCUT2D eigenvalue weighted by atomic mass is 16.1. The second kappa shape index (κ2) is 7.53. The zero-order valence-corrected chi connectivity index (χ0v) is 16.1. The van der Waals surface area contributed by atoms with E-state index in [-0.39, 0.29) is 11.9 Å². The van der Waals surface area contributed by atoms with Crippen LogP contribution in [-0.4, -0.2) is 37.0 Å². The van der Waals surface area contributed by atoms with Crippen molar-refractivity contribution in [3.8, 4) is 11.3 Å². The molecule has 30 heavy (non-hydrogen) atoms. The van der Waals surface area contributed by atoms with Gasteiger partial charge < -0.3 is 16.4 Å². The van der Waals surface area contributed by atoms with Crippen LogP contribution in [0.3, 0.4) is 0 Å². The Kier molecular flexibility index (Phi) is 4.56. The van der Waals surface area contributed by atoms with Crippen LogP contribution in [0.25, 0.3) is 16.8 Å². The molecule has 150 valence electrons. The molecule has 0 spiro atoms. The highest BCUT2D eigenvalue weighted by molar-refractivity contribution is 6.04. The van der Waals surface area contributed by atoms with Gasteiger partial charge in [-0.1, -0.05) is 12.1 Å². The summed E-state index contributed by atoms with van der Waals surface area (Å²) in [7, 11) is 0. The van der Waals surface area contributed by atoms with Crippen LogP contribution in [-0.2, 0) is 0 Å². The first kappa shape index (κ1) is 18.2. The van der Waals surface area contributed by atoms with Crippen molar-refractivity contribution in [3.63, 3.8) is 0 Å². The number of nitrogens with zero attached hydrogens (tertiary/aromatic N) is 5. The molecule has 1 aliphatic heterocycles. The second-order valence-corrected chi connectivity index (χ2v) is 7.14.